The van der Waals surface area contributed by atoms with Gasteiger partial charge < -0.3 is 11.1 Å². The molecular formula is C12H12N4O. The summed E-state index contributed by atoms with van der Waals surface area (Å²) >= 11 is 0. The summed E-state index contributed by atoms with van der Waals surface area (Å²) in [5.74, 6) is -0.425. The second-order valence-corrected chi connectivity index (χ2v) is 3.49. The van der Waals surface area contributed by atoms with Crippen LogP contribution in [0.4, 0.5) is 5.69 Å². The van der Waals surface area contributed by atoms with Crippen LogP contribution in [0.15, 0.2) is 42.9 Å². The van der Waals surface area contributed by atoms with Crippen LogP contribution in [0.1, 0.15) is 16.1 Å². The molecule has 2 rings (SSSR count). The fraction of sp³-hybridized carbons (Fsp3) is 0.0833. The zero-order valence-corrected chi connectivity index (χ0v) is 9.13. The highest BCUT2D eigenvalue weighted by Gasteiger charge is 1.99. The Morgan fingerprint density at radius 1 is 1.24 bits per heavy atom. The Kier molecular flexibility index (Phi) is 3.30. The fourth-order valence-electron chi connectivity index (χ4n) is 1.37. The number of anilines is 1. The summed E-state index contributed by atoms with van der Waals surface area (Å²) in [6, 6.07) is 6.97. The molecule has 0 aliphatic rings. The average molecular weight is 228 g/mol. The van der Waals surface area contributed by atoms with Crippen LogP contribution in [0.5, 0.6) is 0 Å². The second kappa shape index (κ2) is 5.07. The van der Waals surface area contributed by atoms with Crippen LogP contribution in [0.2, 0.25) is 0 Å². The van der Waals surface area contributed by atoms with Gasteiger partial charge in [-0.2, -0.15) is 0 Å². The van der Waals surface area contributed by atoms with Gasteiger partial charge in [0.1, 0.15) is 0 Å². The van der Waals surface area contributed by atoms with Gasteiger partial charge in [0.2, 0.25) is 5.91 Å². The molecule has 0 radical (unpaired) electrons. The maximum absolute atomic E-state index is 10.9. The lowest BCUT2D eigenvalue weighted by molar-refractivity contribution is 0.100. The van der Waals surface area contributed by atoms with Crippen LogP contribution in [0.3, 0.4) is 0 Å². The zero-order chi connectivity index (χ0) is 12.1. The Morgan fingerprint density at radius 3 is 2.59 bits per heavy atom. The van der Waals surface area contributed by atoms with Gasteiger partial charge in [-0.1, -0.05) is 0 Å². The molecule has 0 unspecified atom stereocenters. The first-order valence-corrected chi connectivity index (χ1v) is 5.14. The van der Waals surface area contributed by atoms with Crippen LogP contribution in [-0.4, -0.2) is 15.9 Å². The lowest BCUT2D eigenvalue weighted by Gasteiger charge is -2.05. The van der Waals surface area contributed by atoms with Crippen molar-refractivity contribution in [2.45, 2.75) is 6.54 Å². The highest BCUT2D eigenvalue weighted by Crippen LogP contribution is 2.09. The summed E-state index contributed by atoms with van der Waals surface area (Å²) in [5.41, 5.74) is 7.40. The van der Waals surface area contributed by atoms with Crippen LogP contribution in [0.25, 0.3) is 0 Å². The number of nitrogens with zero attached hydrogens (tertiary/aromatic N) is 2. The first-order valence-electron chi connectivity index (χ1n) is 5.14. The van der Waals surface area contributed by atoms with E-state index in [4.69, 9.17) is 5.73 Å². The largest absolute Gasteiger partial charge is 0.379 e. The van der Waals surface area contributed by atoms with Gasteiger partial charge in [-0.15, -0.1) is 0 Å². The van der Waals surface area contributed by atoms with Gasteiger partial charge >= 0.3 is 0 Å². The Morgan fingerprint density at radius 2 is 2.00 bits per heavy atom. The van der Waals surface area contributed by atoms with E-state index >= 15 is 0 Å². The molecule has 17 heavy (non-hydrogen) atoms. The third kappa shape index (κ3) is 3.01. The number of carbonyl (C=O) groups is 1. The standard InChI is InChI=1S/C12H12N4O/c13-12(17)9-1-3-10(4-2-9)16-8-11-7-14-5-6-15-11/h1-7,16H,8H2,(H2,13,17). The number of amides is 1. The molecule has 0 aliphatic carbocycles. The lowest BCUT2D eigenvalue weighted by Crippen LogP contribution is -2.10. The van der Waals surface area contributed by atoms with Crippen LogP contribution >= 0.6 is 0 Å². The zero-order valence-electron chi connectivity index (χ0n) is 9.13. The minimum Gasteiger partial charge on any atom is -0.379 e. The molecule has 0 fully saturated rings. The van der Waals surface area contributed by atoms with E-state index in [0.29, 0.717) is 12.1 Å². The number of primary amides is 1. The first-order chi connectivity index (χ1) is 8.25. The first kappa shape index (κ1) is 11.1. The summed E-state index contributed by atoms with van der Waals surface area (Å²) < 4.78 is 0. The van der Waals surface area contributed by atoms with Crippen LogP contribution < -0.4 is 11.1 Å². The topological polar surface area (TPSA) is 80.9 Å². The van der Waals surface area contributed by atoms with Crippen molar-refractivity contribution < 1.29 is 4.79 Å². The number of nitrogens with one attached hydrogen (secondary N) is 1. The third-order valence-corrected chi connectivity index (χ3v) is 2.26. The number of aromatic nitrogens is 2. The summed E-state index contributed by atoms with van der Waals surface area (Å²) in [6.07, 6.45) is 4.98. The molecular weight excluding hydrogens is 216 g/mol. The minimum absolute atomic E-state index is 0.425. The molecule has 0 bridgehead atoms. The van der Waals surface area contributed by atoms with E-state index in [0.717, 1.165) is 11.4 Å². The number of rotatable bonds is 4. The van der Waals surface area contributed by atoms with E-state index in [1.54, 1.807) is 42.9 Å². The number of hydrogen-bond donors (Lipinski definition) is 2. The van der Waals surface area contributed by atoms with Gasteiger partial charge in [0.25, 0.3) is 0 Å². The monoisotopic (exact) mass is 228 g/mol. The Labute approximate surface area is 98.7 Å². The molecule has 1 aromatic carbocycles. The van der Waals surface area contributed by atoms with E-state index in [2.05, 4.69) is 15.3 Å². The SMILES string of the molecule is NC(=O)c1ccc(NCc2cnccn2)cc1. The predicted molar refractivity (Wildman–Crippen MR) is 64.3 cm³/mol. The number of benzene rings is 1. The summed E-state index contributed by atoms with van der Waals surface area (Å²) in [5, 5.41) is 3.17. The van der Waals surface area contributed by atoms with Crippen molar-refractivity contribution in [1.82, 2.24) is 9.97 Å². The molecule has 0 atom stereocenters. The van der Waals surface area contributed by atoms with E-state index < -0.39 is 5.91 Å². The molecule has 3 N–H and O–H groups in total. The van der Waals surface area contributed by atoms with Gasteiger partial charge in [0.05, 0.1) is 18.4 Å². The van der Waals surface area contributed by atoms with E-state index in [9.17, 15) is 4.79 Å². The van der Waals surface area contributed by atoms with Crippen molar-refractivity contribution in [3.05, 3.63) is 54.1 Å². The summed E-state index contributed by atoms with van der Waals surface area (Å²) in [7, 11) is 0. The van der Waals surface area contributed by atoms with Gasteiger partial charge in [0.15, 0.2) is 0 Å². The van der Waals surface area contributed by atoms with Crippen molar-refractivity contribution in [3.8, 4) is 0 Å². The maximum atomic E-state index is 10.9. The number of hydrogen-bond acceptors (Lipinski definition) is 4. The van der Waals surface area contributed by atoms with Crippen molar-refractivity contribution in [3.63, 3.8) is 0 Å². The lowest BCUT2D eigenvalue weighted by atomic mass is 10.2. The van der Waals surface area contributed by atoms with E-state index in [1.807, 2.05) is 0 Å². The maximum Gasteiger partial charge on any atom is 0.248 e. The van der Waals surface area contributed by atoms with Crippen molar-refractivity contribution in [1.29, 1.82) is 0 Å². The Hall–Kier alpha value is -2.43. The predicted octanol–water partition coefficient (Wildman–Crippen LogP) is 1.19. The Balaban J connectivity index is 1.98. The second-order valence-electron chi connectivity index (χ2n) is 3.49. The highest BCUT2D eigenvalue weighted by molar-refractivity contribution is 5.93. The minimum atomic E-state index is -0.425. The fourth-order valence-corrected chi connectivity index (χ4v) is 1.37. The quantitative estimate of drug-likeness (QED) is 0.823. The smallest absolute Gasteiger partial charge is 0.248 e. The molecule has 5 nitrogen and oxygen atoms in total. The van der Waals surface area contributed by atoms with E-state index in [-0.39, 0.29) is 0 Å². The molecule has 1 amide bonds. The molecule has 1 aromatic heterocycles. The molecule has 0 saturated heterocycles. The molecule has 1 heterocycles. The average Bonchev–Trinajstić information content (AvgIpc) is 2.38. The van der Waals surface area contributed by atoms with Gasteiger partial charge in [-0.05, 0) is 24.3 Å². The van der Waals surface area contributed by atoms with Crippen LogP contribution in [0, 0.1) is 0 Å². The van der Waals surface area contributed by atoms with E-state index in [1.165, 1.54) is 0 Å². The van der Waals surface area contributed by atoms with Crippen LogP contribution in [-0.2, 0) is 6.54 Å². The normalized spacial score (nSPS) is 9.88. The molecule has 0 aliphatic heterocycles. The number of carbonyl (C=O) groups excluding carboxylic acids is 1. The molecule has 5 heteroatoms. The molecule has 0 saturated carbocycles. The van der Waals surface area contributed by atoms with Gasteiger partial charge in [-0.3, -0.25) is 14.8 Å². The van der Waals surface area contributed by atoms with Crippen molar-refractivity contribution in [2.75, 3.05) is 5.32 Å². The molecule has 86 valence electrons. The molecule has 0 spiro atoms. The highest BCUT2D eigenvalue weighted by atomic mass is 16.1. The Bertz CT molecular complexity index is 496. The van der Waals surface area contributed by atoms with Crippen molar-refractivity contribution >= 4 is 11.6 Å². The summed E-state index contributed by atoms with van der Waals surface area (Å²) in [6.45, 7) is 0.587. The third-order valence-electron chi connectivity index (χ3n) is 2.26. The molecule has 2 aromatic rings. The summed E-state index contributed by atoms with van der Waals surface area (Å²) in [4.78, 5) is 19.0. The van der Waals surface area contributed by atoms with Gasteiger partial charge in [-0.25, -0.2) is 0 Å². The number of nitrogens with two attached hydrogens (primary N) is 1. The van der Waals surface area contributed by atoms with Crippen molar-refractivity contribution in [2.24, 2.45) is 5.73 Å². The van der Waals surface area contributed by atoms with Gasteiger partial charge in [0, 0.05) is 23.6 Å².